The Morgan fingerprint density at radius 2 is 1.93 bits per heavy atom. The first-order valence-corrected chi connectivity index (χ1v) is 12.1. The predicted octanol–water partition coefficient (Wildman–Crippen LogP) is 5.91. The van der Waals surface area contributed by atoms with Crippen LogP contribution in [0.1, 0.15) is 98.3 Å². The molecule has 0 aromatic carbocycles. The fourth-order valence-electron chi connectivity index (χ4n) is 6.67. The van der Waals surface area contributed by atoms with E-state index >= 15 is 0 Å². The Kier molecular flexibility index (Phi) is 8.58. The number of hydrogen-bond acceptors (Lipinski definition) is 2. The molecule has 0 radical (unpaired) electrons. The van der Waals surface area contributed by atoms with E-state index in [-0.39, 0.29) is 11.6 Å². The van der Waals surface area contributed by atoms with Gasteiger partial charge in [0.15, 0.2) is 0 Å². The third-order valence-electron chi connectivity index (χ3n) is 8.36. The molecule has 0 aromatic heterocycles. The summed E-state index contributed by atoms with van der Waals surface area (Å²) in [6, 6.07) is 0. The maximum absolute atomic E-state index is 10.0. The molecular weight excluding hydrogens is 372 g/mol. The van der Waals surface area contributed by atoms with Gasteiger partial charge in [-0.1, -0.05) is 56.6 Å². The molecule has 3 aliphatic rings. The quantitative estimate of drug-likeness (QED) is 0.563. The summed E-state index contributed by atoms with van der Waals surface area (Å²) in [7, 11) is 0. The van der Waals surface area contributed by atoms with E-state index in [0.29, 0.717) is 5.41 Å². The number of hydrogen-bond donors (Lipinski definition) is 2. The Balaban J connectivity index is 0.00000320. The summed E-state index contributed by atoms with van der Waals surface area (Å²) < 4.78 is 0. The van der Waals surface area contributed by atoms with E-state index in [1.165, 1.54) is 49.7 Å². The second kappa shape index (κ2) is 10.1. The molecule has 3 saturated carbocycles. The van der Waals surface area contributed by atoms with Crippen LogP contribution < -0.4 is 0 Å². The van der Waals surface area contributed by atoms with Crippen molar-refractivity contribution in [3.63, 3.8) is 0 Å². The van der Waals surface area contributed by atoms with Gasteiger partial charge in [-0.25, -0.2) is 0 Å². The van der Waals surface area contributed by atoms with Gasteiger partial charge < -0.3 is 15.7 Å². The monoisotopic (exact) mass is 418 g/mol. The van der Waals surface area contributed by atoms with Crippen LogP contribution in [0.2, 0.25) is 0 Å². The maximum Gasteiger partial charge on any atom is 0.0591 e. The van der Waals surface area contributed by atoms with E-state index < -0.39 is 5.60 Å². The van der Waals surface area contributed by atoms with Crippen LogP contribution in [-0.2, 0) is 0 Å². The third kappa shape index (κ3) is 5.87. The Labute approximate surface area is 184 Å². The van der Waals surface area contributed by atoms with Crippen LogP contribution in [0.15, 0.2) is 35.5 Å². The van der Waals surface area contributed by atoms with Crippen molar-refractivity contribution in [2.45, 2.75) is 110 Å². The predicted molar refractivity (Wildman–Crippen MR) is 126 cm³/mol. The van der Waals surface area contributed by atoms with Crippen molar-refractivity contribution >= 4 is 0 Å². The van der Waals surface area contributed by atoms with Crippen molar-refractivity contribution in [3.8, 4) is 0 Å². The normalized spacial score (nSPS) is 35.9. The van der Waals surface area contributed by atoms with Crippen molar-refractivity contribution < 1.29 is 15.7 Å². The zero-order valence-electron chi connectivity index (χ0n) is 19.8. The van der Waals surface area contributed by atoms with Gasteiger partial charge in [-0.05, 0) is 100 Å². The average Bonchev–Trinajstić information content (AvgIpc) is 2.99. The van der Waals surface area contributed by atoms with Crippen molar-refractivity contribution in [3.05, 3.63) is 35.5 Å². The van der Waals surface area contributed by atoms with Crippen molar-refractivity contribution in [2.24, 2.45) is 23.2 Å². The minimum Gasteiger partial charge on any atom is -0.412 e. The zero-order chi connectivity index (χ0) is 21.2. The zero-order valence-corrected chi connectivity index (χ0v) is 19.8. The SMILES string of the molecule is C=C1CCC(O)CC1=CC=C1CCC[C@@]2(C)C1CCC2C(C)CCCC(C)(C)O.O. The second-order valence-corrected chi connectivity index (χ2v) is 11.2. The van der Waals surface area contributed by atoms with Crippen LogP contribution in [0, 0.1) is 23.2 Å². The molecule has 0 aliphatic heterocycles. The number of aliphatic hydroxyl groups is 2. The molecule has 30 heavy (non-hydrogen) atoms. The van der Waals surface area contributed by atoms with E-state index in [9.17, 15) is 10.2 Å². The highest BCUT2D eigenvalue weighted by atomic mass is 16.3. The van der Waals surface area contributed by atoms with E-state index in [1.54, 1.807) is 5.57 Å². The lowest BCUT2D eigenvalue weighted by Gasteiger charge is -2.44. The molecule has 3 nitrogen and oxygen atoms in total. The fourth-order valence-corrected chi connectivity index (χ4v) is 6.67. The highest BCUT2D eigenvalue weighted by Crippen LogP contribution is 2.60. The summed E-state index contributed by atoms with van der Waals surface area (Å²) >= 11 is 0. The summed E-state index contributed by atoms with van der Waals surface area (Å²) in [6.45, 7) is 13.1. The first-order valence-electron chi connectivity index (χ1n) is 12.1. The highest BCUT2D eigenvalue weighted by molar-refractivity contribution is 5.36. The van der Waals surface area contributed by atoms with Crippen LogP contribution >= 0.6 is 0 Å². The van der Waals surface area contributed by atoms with Crippen LogP contribution in [0.3, 0.4) is 0 Å². The molecule has 3 fully saturated rings. The minimum absolute atomic E-state index is 0. The van der Waals surface area contributed by atoms with Crippen molar-refractivity contribution in [1.82, 2.24) is 0 Å². The molecule has 0 heterocycles. The van der Waals surface area contributed by atoms with Gasteiger partial charge in [0.2, 0.25) is 0 Å². The summed E-state index contributed by atoms with van der Waals surface area (Å²) in [5.41, 5.74) is 4.02. The van der Waals surface area contributed by atoms with Crippen molar-refractivity contribution in [2.75, 3.05) is 0 Å². The molecule has 0 spiro atoms. The Morgan fingerprint density at radius 3 is 2.63 bits per heavy atom. The fraction of sp³-hybridized carbons (Fsp3) is 0.778. The summed E-state index contributed by atoms with van der Waals surface area (Å²) in [5, 5.41) is 20.1. The molecule has 172 valence electrons. The molecule has 0 aromatic rings. The molecule has 5 atom stereocenters. The topological polar surface area (TPSA) is 72.0 Å². The first-order chi connectivity index (χ1) is 13.6. The van der Waals surface area contributed by atoms with E-state index in [4.69, 9.17) is 0 Å². The second-order valence-electron chi connectivity index (χ2n) is 11.2. The van der Waals surface area contributed by atoms with E-state index in [0.717, 1.165) is 49.9 Å². The maximum atomic E-state index is 10.0. The van der Waals surface area contributed by atoms with Gasteiger partial charge in [0.25, 0.3) is 0 Å². The highest BCUT2D eigenvalue weighted by Gasteiger charge is 2.50. The smallest absolute Gasteiger partial charge is 0.0591 e. The molecule has 0 saturated heterocycles. The van der Waals surface area contributed by atoms with Gasteiger partial charge in [-0.3, -0.25) is 0 Å². The average molecular weight is 419 g/mol. The molecule has 3 aliphatic carbocycles. The summed E-state index contributed by atoms with van der Waals surface area (Å²) in [4.78, 5) is 0. The van der Waals surface area contributed by atoms with Gasteiger partial charge in [-0.2, -0.15) is 0 Å². The minimum atomic E-state index is -0.535. The molecular formula is C27H46O3. The van der Waals surface area contributed by atoms with E-state index in [2.05, 4.69) is 32.6 Å². The molecule has 0 amide bonds. The van der Waals surface area contributed by atoms with Gasteiger partial charge in [0, 0.05) is 0 Å². The molecule has 3 rings (SSSR count). The van der Waals surface area contributed by atoms with Crippen LogP contribution in [-0.4, -0.2) is 27.4 Å². The third-order valence-corrected chi connectivity index (χ3v) is 8.36. The van der Waals surface area contributed by atoms with Gasteiger partial charge in [0.05, 0.1) is 11.7 Å². The Bertz CT molecular complexity index is 654. The molecule has 4 N–H and O–H groups in total. The van der Waals surface area contributed by atoms with Gasteiger partial charge in [-0.15, -0.1) is 0 Å². The lowest BCUT2D eigenvalue weighted by molar-refractivity contribution is 0.0596. The van der Waals surface area contributed by atoms with Crippen LogP contribution in [0.4, 0.5) is 0 Å². The van der Waals surface area contributed by atoms with E-state index in [1.807, 2.05) is 13.8 Å². The number of fused-ring (bicyclic) bond motifs is 1. The van der Waals surface area contributed by atoms with Gasteiger partial charge >= 0.3 is 0 Å². The van der Waals surface area contributed by atoms with Crippen molar-refractivity contribution in [1.29, 1.82) is 0 Å². The number of rotatable bonds is 6. The molecule has 3 heteroatoms. The van der Waals surface area contributed by atoms with Crippen LogP contribution in [0.5, 0.6) is 0 Å². The lowest BCUT2D eigenvalue weighted by atomic mass is 9.60. The summed E-state index contributed by atoms with van der Waals surface area (Å²) in [6.07, 6.45) is 16.9. The summed E-state index contributed by atoms with van der Waals surface area (Å²) in [5.74, 6) is 2.26. The first kappa shape index (κ1) is 25.4. The molecule has 0 bridgehead atoms. The standard InChI is InChI=1S/C27H44O2.H2O/c1-19-10-13-23(28)18-22(19)12-11-21-9-7-17-27(5)24(14-15-25(21)27)20(2)8-6-16-26(3,4)29;/h11-12,20,23-25,28-29H,1,6-10,13-18H2,2-5H3;1H2/t20?,23?,24?,25?,27-;/m1./s1. The number of allylic oxidation sites excluding steroid dienone is 4. The molecule has 4 unspecified atom stereocenters. The Morgan fingerprint density at radius 1 is 1.20 bits per heavy atom. The number of aliphatic hydroxyl groups excluding tert-OH is 1. The van der Waals surface area contributed by atoms with Gasteiger partial charge in [0.1, 0.15) is 0 Å². The lowest BCUT2D eigenvalue weighted by Crippen LogP contribution is -2.36. The largest absolute Gasteiger partial charge is 0.412 e. The van der Waals surface area contributed by atoms with Crippen LogP contribution in [0.25, 0.3) is 0 Å². The Hall–Kier alpha value is -0.900.